The van der Waals surface area contributed by atoms with Crippen molar-refractivity contribution < 1.29 is 26.8 Å². The van der Waals surface area contributed by atoms with Gasteiger partial charge in [0.05, 0.1) is 0 Å². The zero-order chi connectivity index (χ0) is 21.0. The second-order valence-electron chi connectivity index (χ2n) is 6.38. The van der Waals surface area contributed by atoms with Gasteiger partial charge in [-0.05, 0) is 29.6 Å². The summed E-state index contributed by atoms with van der Waals surface area (Å²) < 4.78 is 53.4. The van der Waals surface area contributed by atoms with E-state index in [2.05, 4.69) is 5.32 Å². The summed E-state index contributed by atoms with van der Waals surface area (Å²) in [6.45, 7) is 0.387. The Morgan fingerprint density at radius 1 is 1.10 bits per heavy atom. The molecule has 1 aliphatic heterocycles. The quantitative estimate of drug-likeness (QED) is 0.736. The molecule has 7 nitrogen and oxygen atoms in total. The summed E-state index contributed by atoms with van der Waals surface area (Å²) in [5.74, 6) is -2.34. The largest absolute Gasteiger partial charge is 0.351 e. The van der Waals surface area contributed by atoms with Gasteiger partial charge in [-0.1, -0.05) is 0 Å². The molecular formula is C18H19F2N3O4S2. The SMILES string of the molecule is O=C(NCCC(=O)N1CCN(S(=O)(=O)c2cc(F)ccc2F)CC1)c1ccsc1. The zero-order valence-electron chi connectivity index (χ0n) is 15.3. The van der Waals surface area contributed by atoms with E-state index in [1.165, 1.54) is 16.2 Å². The molecule has 0 radical (unpaired) electrons. The van der Waals surface area contributed by atoms with Crippen molar-refractivity contribution in [3.8, 4) is 0 Å². The fourth-order valence-electron chi connectivity index (χ4n) is 2.93. The molecule has 156 valence electrons. The average Bonchev–Trinajstić information content (AvgIpc) is 3.24. The first-order valence-electron chi connectivity index (χ1n) is 8.82. The Balaban J connectivity index is 1.51. The van der Waals surface area contributed by atoms with E-state index >= 15 is 0 Å². The monoisotopic (exact) mass is 443 g/mol. The van der Waals surface area contributed by atoms with Crippen LogP contribution >= 0.6 is 11.3 Å². The van der Waals surface area contributed by atoms with Crippen LogP contribution < -0.4 is 5.32 Å². The van der Waals surface area contributed by atoms with Crippen LogP contribution in [0.3, 0.4) is 0 Å². The number of carbonyl (C=O) groups is 2. The normalized spacial score (nSPS) is 15.3. The lowest BCUT2D eigenvalue weighted by Crippen LogP contribution is -2.51. The van der Waals surface area contributed by atoms with E-state index in [4.69, 9.17) is 0 Å². The number of piperazine rings is 1. The van der Waals surface area contributed by atoms with Crippen LogP contribution in [0.15, 0.2) is 39.9 Å². The molecule has 1 N–H and O–H groups in total. The minimum Gasteiger partial charge on any atom is -0.351 e. The highest BCUT2D eigenvalue weighted by atomic mass is 32.2. The lowest BCUT2D eigenvalue weighted by atomic mass is 10.3. The summed E-state index contributed by atoms with van der Waals surface area (Å²) in [5, 5.41) is 6.15. The van der Waals surface area contributed by atoms with Crippen LogP contribution in [0.5, 0.6) is 0 Å². The maximum atomic E-state index is 13.9. The maximum absolute atomic E-state index is 13.9. The molecule has 2 amide bonds. The number of hydrogen-bond donors (Lipinski definition) is 1. The summed E-state index contributed by atoms with van der Waals surface area (Å²) in [5.41, 5.74) is 0.533. The van der Waals surface area contributed by atoms with Gasteiger partial charge in [0.15, 0.2) is 0 Å². The minimum atomic E-state index is -4.19. The lowest BCUT2D eigenvalue weighted by molar-refractivity contribution is -0.132. The summed E-state index contributed by atoms with van der Waals surface area (Å²) in [6.07, 6.45) is 0.0845. The Labute approximate surface area is 171 Å². The predicted molar refractivity (Wildman–Crippen MR) is 103 cm³/mol. The average molecular weight is 443 g/mol. The molecule has 0 aliphatic carbocycles. The van der Waals surface area contributed by atoms with Crippen LogP contribution in [0.1, 0.15) is 16.8 Å². The van der Waals surface area contributed by atoms with Crippen molar-refractivity contribution in [1.82, 2.24) is 14.5 Å². The molecule has 0 spiro atoms. The predicted octanol–water partition coefficient (Wildman–Crippen LogP) is 1.68. The number of benzene rings is 1. The van der Waals surface area contributed by atoms with E-state index in [0.717, 1.165) is 16.4 Å². The smallest absolute Gasteiger partial charge is 0.252 e. The molecule has 0 atom stereocenters. The lowest BCUT2D eigenvalue weighted by Gasteiger charge is -2.34. The molecule has 1 saturated heterocycles. The maximum Gasteiger partial charge on any atom is 0.252 e. The molecule has 1 fully saturated rings. The zero-order valence-corrected chi connectivity index (χ0v) is 16.9. The van der Waals surface area contributed by atoms with Crippen LogP contribution in [0.4, 0.5) is 8.78 Å². The van der Waals surface area contributed by atoms with E-state index in [0.29, 0.717) is 11.6 Å². The number of sulfonamides is 1. The molecule has 1 aromatic heterocycles. The van der Waals surface area contributed by atoms with Crippen LogP contribution in [-0.4, -0.2) is 62.2 Å². The summed E-state index contributed by atoms with van der Waals surface area (Å²) in [4.78, 5) is 24.9. The van der Waals surface area contributed by atoms with E-state index in [1.807, 2.05) is 0 Å². The van der Waals surface area contributed by atoms with Crippen molar-refractivity contribution in [3.05, 3.63) is 52.2 Å². The van der Waals surface area contributed by atoms with E-state index in [1.54, 1.807) is 16.8 Å². The summed E-state index contributed by atoms with van der Waals surface area (Å²) in [7, 11) is -4.19. The number of halogens is 2. The Bertz CT molecular complexity index is 989. The van der Waals surface area contributed by atoms with E-state index in [-0.39, 0.29) is 51.0 Å². The molecule has 3 rings (SSSR count). The molecule has 2 heterocycles. The highest BCUT2D eigenvalue weighted by Gasteiger charge is 2.32. The van der Waals surface area contributed by atoms with Gasteiger partial charge in [0.2, 0.25) is 15.9 Å². The first kappa shape index (κ1) is 21.3. The van der Waals surface area contributed by atoms with Crippen LogP contribution in [-0.2, 0) is 14.8 Å². The van der Waals surface area contributed by atoms with E-state index in [9.17, 15) is 26.8 Å². The first-order chi connectivity index (χ1) is 13.8. The summed E-state index contributed by atoms with van der Waals surface area (Å²) >= 11 is 1.40. The number of nitrogens with zero attached hydrogens (tertiary/aromatic N) is 2. The second kappa shape index (κ2) is 8.97. The fraction of sp³-hybridized carbons (Fsp3) is 0.333. The van der Waals surface area contributed by atoms with Gasteiger partial charge in [0.1, 0.15) is 16.5 Å². The van der Waals surface area contributed by atoms with Crippen molar-refractivity contribution in [2.45, 2.75) is 11.3 Å². The Morgan fingerprint density at radius 3 is 2.48 bits per heavy atom. The number of rotatable bonds is 6. The van der Waals surface area contributed by atoms with Crippen molar-refractivity contribution in [2.75, 3.05) is 32.7 Å². The molecule has 1 aromatic carbocycles. The minimum absolute atomic E-state index is 0.0225. The number of thiophene rings is 1. The van der Waals surface area contributed by atoms with E-state index < -0.39 is 26.6 Å². The third-order valence-corrected chi connectivity index (χ3v) is 7.11. The molecule has 0 unspecified atom stereocenters. The number of nitrogens with one attached hydrogen (secondary N) is 1. The van der Waals surface area contributed by atoms with Gasteiger partial charge in [-0.2, -0.15) is 15.6 Å². The molecule has 0 saturated carbocycles. The van der Waals surface area contributed by atoms with Crippen molar-refractivity contribution in [3.63, 3.8) is 0 Å². The van der Waals surface area contributed by atoms with Gasteiger partial charge < -0.3 is 10.2 Å². The number of hydrogen-bond acceptors (Lipinski definition) is 5. The third-order valence-electron chi connectivity index (χ3n) is 4.51. The topological polar surface area (TPSA) is 86.8 Å². The van der Waals surface area contributed by atoms with Crippen molar-refractivity contribution in [1.29, 1.82) is 0 Å². The summed E-state index contributed by atoms with van der Waals surface area (Å²) in [6, 6.07) is 3.95. The van der Waals surface area contributed by atoms with Crippen molar-refractivity contribution in [2.24, 2.45) is 0 Å². The van der Waals surface area contributed by atoms with Gasteiger partial charge in [0, 0.05) is 50.1 Å². The Morgan fingerprint density at radius 2 is 1.83 bits per heavy atom. The molecule has 0 bridgehead atoms. The standard InChI is InChI=1S/C18H19F2N3O4S2/c19-14-1-2-15(20)16(11-14)29(26,27)23-8-6-22(7-9-23)17(24)3-5-21-18(25)13-4-10-28-12-13/h1-2,4,10-12H,3,5-9H2,(H,21,25). The highest BCUT2D eigenvalue weighted by Crippen LogP contribution is 2.21. The Kier molecular flexibility index (Phi) is 6.60. The number of carbonyl (C=O) groups excluding carboxylic acids is 2. The van der Waals surface area contributed by atoms with Crippen LogP contribution in [0.2, 0.25) is 0 Å². The second-order valence-corrected chi connectivity index (χ2v) is 9.06. The van der Waals surface area contributed by atoms with Gasteiger partial charge in [-0.15, -0.1) is 0 Å². The van der Waals surface area contributed by atoms with Crippen LogP contribution in [0, 0.1) is 11.6 Å². The highest BCUT2D eigenvalue weighted by molar-refractivity contribution is 7.89. The molecule has 29 heavy (non-hydrogen) atoms. The van der Waals surface area contributed by atoms with Crippen molar-refractivity contribution >= 4 is 33.2 Å². The fourth-order valence-corrected chi connectivity index (χ4v) is 5.06. The van der Waals surface area contributed by atoms with Gasteiger partial charge in [0.25, 0.3) is 5.91 Å². The van der Waals surface area contributed by atoms with Gasteiger partial charge in [-0.3, -0.25) is 9.59 Å². The van der Waals surface area contributed by atoms with Crippen LogP contribution in [0.25, 0.3) is 0 Å². The first-order valence-corrected chi connectivity index (χ1v) is 11.2. The third kappa shape index (κ3) is 4.98. The number of amides is 2. The molecule has 11 heteroatoms. The molecular weight excluding hydrogens is 424 g/mol. The Hall–Kier alpha value is -2.37. The molecule has 1 aliphatic rings. The molecule has 2 aromatic rings. The van der Waals surface area contributed by atoms with Gasteiger partial charge >= 0.3 is 0 Å². The van der Waals surface area contributed by atoms with Gasteiger partial charge in [-0.25, -0.2) is 17.2 Å².